The van der Waals surface area contributed by atoms with Gasteiger partial charge in [0.15, 0.2) is 0 Å². The van der Waals surface area contributed by atoms with Crippen molar-refractivity contribution in [1.29, 1.82) is 0 Å². The molecule has 5 rings (SSSR count). The highest BCUT2D eigenvalue weighted by molar-refractivity contribution is 5.94. The van der Waals surface area contributed by atoms with Gasteiger partial charge in [-0.25, -0.2) is 0 Å². The molecule has 0 bridgehead atoms. The number of amides is 2. The molecule has 0 unspecified atom stereocenters. The minimum Gasteiger partial charge on any atom is -0.338 e. The van der Waals surface area contributed by atoms with Crippen molar-refractivity contribution >= 4 is 11.8 Å². The highest BCUT2D eigenvalue weighted by Gasteiger charge is 2.41. The second-order valence-electron chi connectivity index (χ2n) is 9.06. The second kappa shape index (κ2) is 9.57. The number of piperidine rings is 2. The van der Waals surface area contributed by atoms with Crippen molar-refractivity contribution in [1.82, 2.24) is 14.8 Å². The summed E-state index contributed by atoms with van der Waals surface area (Å²) >= 11 is 0. The van der Waals surface area contributed by atoms with Crippen LogP contribution in [0.1, 0.15) is 46.7 Å². The van der Waals surface area contributed by atoms with Crippen molar-refractivity contribution in [2.45, 2.75) is 31.2 Å². The summed E-state index contributed by atoms with van der Waals surface area (Å²) in [6.07, 6.45) is 5.54. The fraction of sp³-hybridized carbons (Fsp3) is 0.321. The molecule has 0 aliphatic carbocycles. The van der Waals surface area contributed by atoms with Gasteiger partial charge >= 0.3 is 0 Å². The monoisotopic (exact) mass is 439 g/mol. The average Bonchev–Trinajstić information content (AvgIpc) is 2.89. The zero-order valence-electron chi connectivity index (χ0n) is 18.7. The fourth-order valence-electron chi connectivity index (χ4n) is 5.42. The Hall–Kier alpha value is -3.47. The lowest BCUT2D eigenvalue weighted by atomic mass is 9.81. The van der Waals surface area contributed by atoms with Gasteiger partial charge in [0, 0.05) is 56.0 Å². The lowest BCUT2D eigenvalue weighted by Gasteiger charge is -2.48. The van der Waals surface area contributed by atoms with Gasteiger partial charge in [0.2, 0.25) is 5.91 Å². The maximum Gasteiger partial charge on any atom is 0.253 e. The quantitative estimate of drug-likeness (QED) is 0.593. The van der Waals surface area contributed by atoms with E-state index in [-0.39, 0.29) is 23.8 Å². The zero-order valence-corrected chi connectivity index (χ0v) is 18.7. The molecule has 33 heavy (non-hydrogen) atoms. The van der Waals surface area contributed by atoms with Gasteiger partial charge in [-0.2, -0.15) is 0 Å². The first-order chi connectivity index (χ1) is 16.2. The number of likely N-dealkylation sites (tertiary alicyclic amines) is 2. The van der Waals surface area contributed by atoms with Gasteiger partial charge in [0.05, 0.1) is 0 Å². The molecule has 5 nitrogen and oxygen atoms in total. The summed E-state index contributed by atoms with van der Waals surface area (Å²) in [5.41, 5.74) is 3.13. The van der Waals surface area contributed by atoms with E-state index in [1.54, 1.807) is 24.5 Å². The van der Waals surface area contributed by atoms with Crippen LogP contribution in [-0.4, -0.2) is 52.3 Å². The smallest absolute Gasteiger partial charge is 0.253 e. The van der Waals surface area contributed by atoms with Gasteiger partial charge in [-0.3, -0.25) is 14.6 Å². The molecule has 3 heterocycles. The number of aromatic nitrogens is 1. The number of benzene rings is 2. The summed E-state index contributed by atoms with van der Waals surface area (Å²) in [6, 6.07) is 24.7. The summed E-state index contributed by atoms with van der Waals surface area (Å²) < 4.78 is 0. The van der Waals surface area contributed by atoms with E-state index < -0.39 is 0 Å². The number of carbonyl (C=O) groups excluding carboxylic acids is 2. The van der Waals surface area contributed by atoms with Crippen molar-refractivity contribution in [2.24, 2.45) is 5.92 Å². The average molecular weight is 440 g/mol. The number of hydrogen-bond acceptors (Lipinski definition) is 3. The molecule has 0 N–H and O–H groups in total. The van der Waals surface area contributed by atoms with Crippen molar-refractivity contribution in [3.8, 4) is 0 Å². The van der Waals surface area contributed by atoms with E-state index in [1.165, 1.54) is 11.1 Å². The highest BCUT2D eigenvalue weighted by atomic mass is 16.2. The van der Waals surface area contributed by atoms with Gasteiger partial charge in [0.25, 0.3) is 5.91 Å². The Morgan fingerprint density at radius 1 is 0.909 bits per heavy atom. The van der Waals surface area contributed by atoms with Crippen LogP contribution in [0.25, 0.3) is 0 Å². The SMILES string of the molecule is O=C(c1ccncc1)N1CC[C@H]2[C@H](CCC(=O)N2CC(c2ccccc2)c2ccccc2)C1. The zero-order chi connectivity index (χ0) is 22.6. The Kier molecular flexibility index (Phi) is 6.20. The molecule has 2 aliphatic rings. The summed E-state index contributed by atoms with van der Waals surface area (Å²) in [6.45, 7) is 2.05. The van der Waals surface area contributed by atoms with Gasteiger partial charge in [0.1, 0.15) is 0 Å². The Labute approximate surface area is 195 Å². The van der Waals surface area contributed by atoms with Crippen molar-refractivity contribution in [3.63, 3.8) is 0 Å². The van der Waals surface area contributed by atoms with E-state index in [2.05, 4.69) is 58.4 Å². The molecular weight excluding hydrogens is 410 g/mol. The first-order valence-corrected chi connectivity index (χ1v) is 11.8. The van der Waals surface area contributed by atoms with Gasteiger partial charge in [-0.1, -0.05) is 60.7 Å². The first-order valence-electron chi connectivity index (χ1n) is 11.8. The highest BCUT2D eigenvalue weighted by Crippen LogP contribution is 2.35. The lowest BCUT2D eigenvalue weighted by Crippen LogP contribution is -2.57. The maximum absolute atomic E-state index is 13.1. The lowest BCUT2D eigenvalue weighted by molar-refractivity contribution is -0.140. The second-order valence-corrected chi connectivity index (χ2v) is 9.06. The number of nitrogens with zero attached hydrogens (tertiary/aromatic N) is 3. The molecule has 168 valence electrons. The predicted octanol–water partition coefficient (Wildman–Crippen LogP) is 4.37. The van der Waals surface area contributed by atoms with E-state index in [9.17, 15) is 9.59 Å². The molecular formula is C28H29N3O2. The molecule has 5 heteroatoms. The van der Waals surface area contributed by atoms with Crippen LogP contribution in [0, 0.1) is 5.92 Å². The van der Waals surface area contributed by atoms with Gasteiger partial charge < -0.3 is 9.80 Å². The molecule has 2 amide bonds. The molecule has 2 saturated heterocycles. The van der Waals surface area contributed by atoms with Crippen LogP contribution >= 0.6 is 0 Å². The van der Waals surface area contributed by atoms with E-state index in [1.807, 2.05) is 17.0 Å². The third kappa shape index (κ3) is 4.54. The summed E-state index contributed by atoms with van der Waals surface area (Å²) in [4.78, 5) is 34.2. The third-order valence-corrected chi connectivity index (χ3v) is 7.14. The van der Waals surface area contributed by atoms with E-state index >= 15 is 0 Å². The van der Waals surface area contributed by atoms with E-state index in [0.717, 1.165) is 12.8 Å². The molecule has 2 fully saturated rings. The Morgan fingerprint density at radius 3 is 2.18 bits per heavy atom. The van der Waals surface area contributed by atoms with Crippen LogP contribution in [0.2, 0.25) is 0 Å². The van der Waals surface area contributed by atoms with Gasteiger partial charge in [-0.15, -0.1) is 0 Å². The van der Waals surface area contributed by atoms with Crippen molar-refractivity contribution in [3.05, 3.63) is 102 Å². The Balaban J connectivity index is 1.36. The van der Waals surface area contributed by atoms with E-state index in [0.29, 0.717) is 37.5 Å². The van der Waals surface area contributed by atoms with Crippen LogP contribution in [0.15, 0.2) is 85.2 Å². The molecule has 1 aromatic heterocycles. The van der Waals surface area contributed by atoms with Crippen LogP contribution in [0.5, 0.6) is 0 Å². The van der Waals surface area contributed by atoms with Crippen LogP contribution in [-0.2, 0) is 4.79 Å². The predicted molar refractivity (Wildman–Crippen MR) is 128 cm³/mol. The fourth-order valence-corrected chi connectivity index (χ4v) is 5.42. The Bertz CT molecular complexity index is 1050. The Morgan fingerprint density at radius 2 is 1.55 bits per heavy atom. The number of carbonyl (C=O) groups is 2. The van der Waals surface area contributed by atoms with Gasteiger partial charge in [-0.05, 0) is 42.0 Å². The van der Waals surface area contributed by atoms with Crippen LogP contribution in [0.3, 0.4) is 0 Å². The summed E-state index contributed by atoms with van der Waals surface area (Å²) in [5.74, 6) is 0.744. The third-order valence-electron chi connectivity index (χ3n) is 7.14. The topological polar surface area (TPSA) is 53.5 Å². The number of hydrogen-bond donors (Lipinski definition) is 0. The normalized spacial score (nSPS) is 20.6. The molecule has 2 aliphatic heterocycles. The first kappa shape index (κ1) is 21.4. The molecule has 2 atom stereocenters. The molecule has 0 radical (unpaired) electrons. The summed E-state index contributed by atoms with van der Waals surface area (Å²) in [5, 5.41) is 0. The number of fused-ring (bicyclic) bond motifs is 1. The summed E-state index contributed by atoms with van der Waals surface area (Å²) in [7, 11) is 0. The van der Waals surface area contributed by atoms with Crippen molar-refractivity contribution < 1.29 is 9.59 Å². The molecule has 3 aromatic rings. The maximum atomic E-state index is 13.1. The van der Waals surface area contributed by atoms with E-state index in [4.69, 9.17) is 0 Å². The standard InChI is InChI=1S/C28H29N3O2/c32-27-12-11-24-19-30(28(33)23-13-16-29-17-14-23)18-15-26(24)31(27)20-25(21-7-3-1-4-8-21)22-9-5-2-6-10-22/h1-10,13-14,16-17,24-26H,11-12,15,18-20H2/t24-,26+/m1/s1. The van der Waals surface area contributed by atoms with Crippen LogP contribution < -0.4 is 0 Å². The molecule has 0 spiro atoms. The number of rotatable bonds is 5. The van der Waals surface area contributed by atoms with Crippen molar-refractivity contribution in [2.75, 3.05) is 19.6 Å². The van der Waals surface area contributed by atoms with Crippen LogP contribution in [0.4, 0.5) is 0 Å². The molecule has 0 saturated carbocycles. The largest absolute Gasteiger partial charge is 0.338 e. The minimum absolute atomic E-state index is 0.0609. The number of pyridine rings is 1. The minimum atomic E-state index is 0.0609. The molecule has 2 aromatic carbocycles.